The molecule has 0 aliphatic carbocycles. The van der Waals surface area contributed by atoms with E-state index in [0.29, 0.717) is 4.34 Å². The largest absolute Gasteiger partial charge is 0.495 e. The molecule has 0 saturated carbocycles. The number of hydrogen-bond donors (Lipinski definition) is 2. The molecule has 1 heterocycles. The van der Waals surface area contributed by atoms with E-state index in [1.54, 1.807) is 24.3 Å². The summed E-state index contributed by atoms with van der Waals surface area (Å²) in [4.78, 5) is 0.910. The number of sulfonamides is 1. The lowest BCUT2D eigenvalue weighted by Crippen LogP contribution is -2.23. The summed E-state index contributed by atoms with van der Waals surface area (Å²) >= 11 is 7.15. The maximum absolute atomic E-state index is 12.4. The fourth-order valence-electron chi connectivity index (χ4n) is 1.75. The quantitative estimate of drug-likeness (QED) is 0.841. The molecule has 0 bridgehead atoms. The Hall–Kier alpha value is -1.12. The lowest BCUT2D eigenvalue weighted by atomic mass is 10.2. The lowest BCUT2D eigenvalue weighted by molar-refractivity contribution is 0.402. The second kappa shape index (κ2) is 6.76. The van der Waals surface area contributed by atoms with Crippen LogP contribution < -0.4 is 15.2 Å². The first kappa shape index (κ1) is 16.3. The van der Waals surface area contributed by atoms with Gasteiger partial charge in [-0.2, -0.15) is 0 Å². The molecular weight excluding hydrogens is 332 g/mol. The molecule has 0 aliphatic heterocycles. The predicted octanol–water partition coefficient (Wildman–Crippen LogP) is 2.35. The van der Waals surface area contributed by atoms with Crippen molar-refractivity contribution in [1.82, 2.24) is 4.72 Å². The van der Waals surface area contributed by atoms with Crippen LogP contribution in [0.2, 0.25) is 4.34 Å². The first-order valence-corrected chi connectivity index (χ1v) is 8.75. The van der Waals surface area contributed by atoms with Crippen molar-refractivity contribution in [1.29, 1.82) is 0 Å². The van der Waals surface area contributed by atoms with Crippen molar-refractivity contribution in [2.45, 2.75) is 18.0 Å². The van der Waals surface area contributed by atoms with Gasteiger partial charge in [0.15, 0.2) is 0 Å². The Kier molecular flexibility index (Phi) is 5.23. The number of ether oxygens (including phenoxy) is 1. The molecule has 2 aromatic rings. The standard InChI is InChI=1S/C13H15ClN2O3S2/c1-19-11-4-2-9(7-15)6-12(11)21(17,18)16-8-10-3-5-13(14)20-10/h2-6,16H,7-8,15H2,1H3. The van der Waals surface area contributed by atoms with Gasteiger partial charge >= 0.3 is 0 Å². The molecule has 114 valence electrons. The van der Waals surface area contributed by atoms with Crippen LogP contribution in [0.15, 0.2) is 35.2 Å². The number of rotatable bonds is 6. The highest BCUT2D eigenvalue weighted by atomic mass is 35.5. The highest BCUT2D eigenvalue weighted by Crippen LogP contribution is 2.26. The minimum Gasteiger partial charge on any atom is -0.495 e. The fourth-order valence-corrected chi connectivity index (χ4v) is 4.09. The monoisotopic (exact) mass is 346 g/mol. The number of benzene rings is 1. The highest BCUT2D eigenvalue weighted by Gasteiger charge is 2.20. The SMILES string of the molecule is COc1ccc(CN)cc1S(=O)(=O)NCc1ccc(Cl)s1. The Morgan fingerprint density at radius 3 is 2.67 bits per heavy atom. The summed E-state index contributed by atoms with van der Waals surface area (Å²) in [5, 5.41) is 0. The van der Waals surface area contributed by atoms with Crippen LogP contribution in [0.4, 0.5) is 0 Å². The van der Waals surface area contributed by atoms with Crippen LogP contribution in [0.25, 0.3) is 0 Å². The first-order valence-electron chi connectivity index (χ1n) is 6.07. The average Bonchev–Trinajstić information content (AvgIpc) is 2.90. The van der Waals surface area contributed by atoms with Crippen molar-refractivity contribution in [3.05, 3.63) is 45.1 Å². The Morgan fingerprint density at radius 2 is 2.10 bits per heavy atom. The summed E-state index contributed by atoms with van der Waals surface area (Å²) in [6, 6.07) is 8.35. The van der Waals surface area contributed by atoms with Crippen LogP contribution in [0.5, 0.6) is 5.75 Å². The number of nitrogens with two attached hydrogens (primary N) is 1. The molecule has 0 fully saturated rings. The van der Waals surface area contributed by atoms with E-state index in [4.69, 9.17) is 22.1 Å². The molecule has 3 N–H and O–H groups in total. The fraction of sp³-hybridized carbons (Fsp3) is 0.231. The van der Waals surface area contributed by atoms with Crippen molar-refractivity contribution >= 4 is 33.0 Å². The summed E-state index contributed by atoms with van der Waals surface area (Å²) in [6.45, 7) is 0.433. The summed E-state index contributed by atoms with van der Waals surface area (Å²) in [5.41, 5.74) is 6.27. The van der Waals surface area contributed by atoms with Crippen molar-refractivity contribution in [3.8, 4) is 5.75 Å². The van der Waals surface area contributed by atoms with Gasteiger partial charge in [0.05, 0.1) is 11.4 Å². The van der Waals surface area contributed by atoms with Gasteiger partial charge in [-0.05, 0) is 29.8 Å². The van der Waals surface area contributed by atoms with Crippen molar-refractivity contribution < 1.29 is 13.2 Å². The number of thiophene rings is 1. The van der Waals surface area contributed by atoms with Crippen molar-refractivity contribution in [2.24, 2.45) is 5.73 Å². The van der Waals surface area contributed by atoms with E-state index >= 15 is 0 Å². The molecule has 8 heteroatoms. The third kappa shape index (κ3) is 3.96. The van der Waals surface area contributed by atoms with E-state index in [-0.39, 0.29) is 23.7 Å². The zero-order chi connectivity index (χ0) is 15.5. The van der Waals surface area contributed by atoms with Crippen LogP contribution in [-0.2, 0) is 23.1 Å². The molecule has 1 aromatic heterocycles. The molecule has 1 aromatic carbocycles. The molecule has 0 aliphatic rings. The molecule has 2 rings (SSSR count). The van der Waals surface area contributed by atoms with Gasteiger partial charge in [0.25, 0.3) is 0 Å². The predicted molar refractivity (Wildman–Crippen MR) is 84.2 cm³/mol. The summed E-state index contributed by atoms with van der Waals surface area (Å²) < 4.78 is 33.1. The highest BCUT2D eigenvalue weighted by molar-refractivity contribution is 7.89. The Morgan fingerprint density at radius 1 is 1.33 bits per heavy atom. The molecule has 0 atom stereocenters. The number of methoxy groups -OCH3 is 1. The van der Waals surface area contributed by atoms with E-state index in [1.165, 1.54) is 24.5 Å². The minimum atomic E-state index is -3.69. The topological polar surface area (TPSA) is 81.4 Å². The zero-order valence-corrected chi connectivity index (χ0v) is 13.7. The van der Waals surface area contributed by atoms with Crippen LogP contribution in [0.3, 0.4) is 0 Å². The number of hydrogen-bond acceptors (Lipinski definition) is 5. The smallest absolute Gasteiger partial charge is 0.244 e. The Balaban J connectivity index is 2.26. The van der Waals surface area contributed by atoms with E-state index in [9.17, 15) is 8.42 Å². The normalized spacial score (nSPS) is 11.6. The first-order chi connectivity index (χ1) is 9.96. The maximum Gasteiger partial charge on any atom is 0.244 e. The molecule has 0 radical (unpaired) electrons. The lowest BCUT2D eigenvalue weighted by Gasteiger charge is -2.11. The van der Waals surface area contributed by atoms with Gasteiger partial charge in [-0.25, -0.2) is 13.1 Å². The number of nitrogens with one attached hydrogen (secondary N) is 1. The molecular formula is C13H15ClN2O3S2. The summed E-state index contributed by atoms with van der Waals surface area (Å²) in [5.74, 6) is 0.281. The molecule has 0 spiro atoms. The maximum atomic E-state index is 12.4. The molecule has 0 unspecified atom stereocenters. The van der Waals surface area contributed by atoms with Crippen molar-refractivity contribution in [2.75, 3.05) is 7.11 Å². The summed E-state index contributed by atoms with van der Waals surface area (Å²) in [7, 11) is -2.27. The van der Waals surface area contributed by atoms with Crippen molar-refractivity contribution in [3.63, 3.8) is 0 Å². The van der Waals surface area contributed by atoms with Gasteiger partial charge in [0, 0.05) is 18.0 Å². The van der Waals surface area contributed by atoms with Crippen LogP contribution >= 0.6 is 22.9 Å². The molecule has 0 amide bonds. The second-order valence-corrected chi connectivity index (χ2v) is 7.75. The van der Waals surface area contributed by atoms with E-state index in [1.807, 2.05) is 0 Å². The van der Waals surface area contributed by atoms with Gasteiger partial charge < -0.3 is 10.5 Å². The Bertz CT molecular complexity index is 729. The second-order valence-electron chi connectivity index (χ2n) is 4.22. The van der Waals surface area contributed by atoms with Gasteiger partial charge in [0.1, 0.15) is 10.6 Å². The van der Waals surface area contributed by atoms with E-state index < -0.39 is 10.0 Å². The van der Waals surface area contributed by atoms with E-state index in [0.717, 1.165) is 10.4 Å². The third-order valence-corrected chi connectivity index (χ3v) is 5.47. The summed E-state index contributed by atoms with van der Waals surface area (Å²) in [6.07, 6.45) is 0. The van der Waals surface area contributed by atoms with Crippen LogP contribution in [0.1, 0.15) is 10.4 Å². The van der Waals surface area contributed by atoms with E-state index in [2.05, 4.69) is 4.72 Å². The third-order valence-electron chi connectivity index (χ3n) is 2.82. The average molecular weight is 347 g/mol. The zero-order valence-electron chi connectivity index (χ0n) is 11.3. The number of halogens is 1. The van der Waals surface area contributed by atoms with Gasteiger partial charge in [-0.3, -0.25) is 0 Å². The molecule has 21 heavy (non-hydrogen) atoms. The molecule has 5 nitrogen and oxygen atoms in total. The van der Waals surface area contributed by atoms with Crippen LogP contribution in [-0.4, -0.2) is 15.5 Å². The van der Waals surface area contributed by atoms with Gasteiger partial charge in [0.2, 0.25) is 10.0 Å². The van der Waals surface area contributed by atoms with Gasteiger partial charge in [-0.15, -0.1) is 11.3 Å². The Labute approximate surface area is 132 Å². The minimum absolute atomic E-state index is 0.0793. The molecule has 0 saturated heterocycles. The van der Waals surface area contributed by atoms with Gasteiger partial charge in [-0.1, -0.05) is 17.7 Å². The van der Waals surface area contributed by atoms with Crippen LogP contribution in [0, 0.1) is 0 Å².